The molecule has 1 spiro atoms. The van der Waals surface area contributed by atoms with Gasteiger partial charge < -0.3 is 0 Å². The molecule has 1 heterocycles. The Kier molecular flexibility index (Phi) is 3.27. The first kappa shape index (κ1) is 13.6. The molecule has 2 nitrogen and oxygen atoms in total. The molecule has 2 atom stereocenters. The predicted molar refractivity (Wildman–Crippen MR) is 89.5 cm³/mol. The molecular formula is C20H21NO. The van der Waals surface area contributed by atoms with Crippen molar-refractivity contribution in [2.45, 2.75) is 37.3 Å². The van der Waals surface area contributed by atoms with Crippen LogP contribution >= 0.6 is 0 Å². The molecule has 4 rings (SSSR count). The normalized spacial score (nSPS) is 27.7. The molecular weight excluding hydrogens is 270 g/mol. The SMILES string of the molecule is C=C1CCC[C@]12C[C@H](c1ccccc1)N(c1ccccc1)O2. The van der Waals surface area contributed by atoms with Crippen LogP contribution in [0.15, 0.2) is 72.8 Å². The lowest BCUT2D eigenvalue weighted by atomic mass is 9.88. The van der Waals surface area contributed by atoms with E-state index < -0.39 is 0 Å². The highest BCUT2D eigenvalue weighted by molar-refractivity contribution is 5.48. The molecule has 2 heteroatoms. The lowest BCUT2D eigenvalue weighted by Crippen LogP contribution is -2.29. The van der Waals surface area contributed by atoms with Gasteiger partial charge in [-0.05, 0) is 42.5 Å². The van der Waals surface area contributed by atoms with Crippen LogP contribution < -0.4 is 5.06 Å². The molecule has 0 bridgehead atoms. The third-order valence-electron chi connectivity index (χ3n) is 4.98. The van der Waals surface area contributed by atoms with Crippen LogP contribution in [-0.2, 0) is 4.84 Å². The highest BCUT2D eigenvalue weighted by Gasteiger charge is 2.50. The number of para-hydroxylation sites is 1. The second-order valence-corrected chi connectivity index (χ2v) is 6.33. The molecule has 0 aromatic heterocycles. The van der Waals surface area contributed by atoms with Crippen LogP contribution in [0.5, 0.6) is 0 Å². The molecule has 2 aromatic rings. The fourth-order valence-electron chi connectivity index (χ4n) is 3.77. The van der Waals surface area contributed by atoms with Crippen molar-refractivity contribution in [3.8, 4) is 0 Å². The standard InChI is InChI=1S/C20H21NO/c1-16-9-8-14-20(16)15-19(17-10-4-2-5-11-17)21(22-20)18-12-6-3-7-13-18/h2-7,10-13,19H,1,8-9,14-15H2/t19-,20+/m1/s1. The monoisotopic (exact) mass is 291 g/mol. The Labute approximate surface area is 132 Å². The van der Waals surface area contributed by atoms with E-state index in [1.54, 1.807) is 0 Å². The highest BCUT2D eigenvalue weighted by Crippen LogP contribution is 2.52. The molecule has 2 fully saturated rings. The van der Waals surface area contributed by atoms with Crippen LogP contribution in [0, 0.1) is 0 Å². The Morgan fingerprint density at radius 1 is 1.00 bits per heavy atom. The first-order valence-electron chi connectivity index (χ1n) is 8.05. The summed E-state index contributed by atoms with van der Waals surface area (Å²) < 4.78 is 0. The molecule has 1 aliphatic carbocycles. The number of hydrogen-bond acceptors (Lipinski definition) is 2. The average Bonchev–Trinajstić information content (AvgIpc) is 3.14. The molecule has 2 aromatic carbocycles. The summed E-state index contributed by atoms with van der Waals surface area (Å²) in [4.78, 5) is 6.51. The fraction of sp³-hybridized carbons (Fsp3) is 0.300. The maximum atomic E-state index is 6.51. The molecule has 0 unspecified atom stereocenters. The number of nitrogens with zero attached hydrogens (tertiary/aromatic N) is 1. The van der Waals surface area contributed by atoms with Crippen LogP contribution in [0.4, 0.5) is 5.69 Å². The van der Waals surface area contributed by atoms with E-state index in [1.165, 1.54) is 17.6 Å². The van der Waals surface area contributed by atoms with Crippen molar-refractivity contribution in [2.75, 3.05) is 5.06 Å². The van der Waals surface area contributed by atoms with Crippen LogP contribution in [-0.4, -0.2) is 5.60 Å². The third kappa shape index (κ3) is 2.15. The smallest absolute Gasteiger partial charge is 0.119 e. The summed E-state index contributed by atoms with van der Waals surface area (Å²) >= 11 is 0. The quantitative estimate of drug-likeness (QED) is 0.718. The van der Waals surface area contributed by atoms with Crippen molar-refractivity contribution in [2.24, 2.45) is 0 Å². The minimum absolute atomic E-state index is 0.170. The molecule has 2 aliphatic rings. The van der Waals surface area contributed by atoms with Gasteiger partial charge in [0.25, 0.3) is 0 Å². The zero-order chi connectivity index (χ0) is 15.0. The third-order valence-corrected chi connectivity index (χ3v) is 4.98. The Hall–Kier alpha value is -2.06. The van der Waals surface area contributed by atoms with Crippen molar-refractivity contribution in [3.63, 3.8) is 0 Å². The van der Waals surface area contributed by atoms with Crippen molar-refractivity contribution < 1.29 is 4.84 Å². The largest absolute Gasteiger partial charge is 0.262 e. The summed E-state index contributed by atoms with van der Waals surface area (Å²) in [7, 11) is 0. The second-order valence-electron chi connectivity index (χ2n) is 6.33. The van der Waals surface area contributed by atoms with E-state index in [2.05, 4.69) is 66.2 Å². The van der Waals surface area contributed by atoms with Gasteiger partial charge in [-0.15, -0.1) is 0 Å². The van der Waals surface area contributed by atoms with Gasteiger partial charge in [0.15, 0.2) is 0 Å². The molecule has 0 radical (unpaired) electrons. The first-order valence-corrected chi connectivity index (χ1v) is 8.05. The van der Waals surface area contributed by atoms with Crippen LogP contribution in [0.25, 0.3) is 0 Å². The Balaban J connectivity index is 1.75. The fourth-order valence-corrected chi connectivity index (χ4v) is 3.77. The Morgan fingerprint density at radius 3 is 2.32 bits per heavy atom. The molecule has 1 aliphatic heterocycles. The van der Waals surface area contributed by atoms with E-state index >= 15 is 0 Å². The van der Waals surface area contributed by atoms with Gasteiger partial charge in [0.1, 0.15) is 5.60 Å². The number of hydroxylamine groups is 1. The van der Waals surface area contributed by atoms with E-state index in [1.807, 2.05) is 6.07 Å². The summed E-state index contributed by atoms with van der Waals surface area (Å²) in [5.41, 5.74) is 3.51. The van der Waals surface area contributed by atoms with E-state index in [0.29, 0.717) is 0 Å². The predicted octanol–water partition coefficient (Wildman–Crippen LogP) is 5.05. The zero-order valence-corrected chi connectivity index (χ0v) is 12.7. The van der Waals surface area contributed by atoms with Gasteiger partial charge in [0, 0.05) is 6.42 Å². The molecule has 0 amide bonds. The van der Waals surface area contributed by atoms with Gasteiger partial charge >= 0.3 is 0 Å². The minimum atomic E-state index is -0.170. The lowest BCUT2D eigenvalue weighted by molar-refractivity contribution is 0.0203. The Morgan fingerprint density at radius 2 is 1.68 bits per heavy atom. The van der Waals surface area contributed by atoms with Crippen molar-refractivity contribution in [1.29, 1.82) is 0 Å². The summed E-state index contributed by atoms with van der Waals surface area (Å²) in [6.45, 7) is 4.29. The summed E-state index contributed by atoms with van der Waals surface area (Å²) in [6.07, 6.45) is 4.34. The van der Waals surface area contributed by atoms with Crippen LogP contribution in [0.3, 0.4) is 0 Å². The summed E-state index contributed by atoms with van der Waals surface area (Å²) in [5.74, 6) is 0. The van der Waals surface area contributed by atoms with Gasteiger partial charge in [-0.1, -0.05) is 55.1 Å². The number of benzene rings is 2. The van der Waals surface area contributed by atoms with Crippen molar-refractivity contribution >= 4 is 5.69 Å². The van der Waals surface area contributed by atoms with E-state index in [-0.39, 0.29) is 11.6 Å². The van der Waals surface area contributed by atoms with Gasteiger partial charge in [-0.25, -0.2) is 5.06 Å². The molecule has 22 heavy (non-hydrogen) atoms. The van der Waals surface area contributed by atoms with E-state index in [4.69, 9.17) is 4.84 Å². The average molecular weight is 291 g/mol. The topological polar surface area (TPSA) is 12.5 Å². The first-order chi connectivity index (χ1) is 10.8. The van der Waals surface area contributed by atoms with Gasteiger partial charge in [-0.2, -0.15) is 0 Å². The number of rotatable bonds is 2. The van der Waals surface area contributed by atoms with Gasteiger partial charge in [0.2, 0.25) is 0 Å². The van der Waals surface area contributed by atoms with Crippen LogP contribution in [0.1, 0.15) is 37.3 Å². The zero-order valence-electron chi connectivity index (χ0n) is 12.7. The van der Waals surface area contributed by atoms with Crippen LogP contribution in [0.2, 0.25) is 0 Å². The number of anilines is 1. The highest BCUT2D eigenvalue weighted by atomic mass is 16.7. The number of hydrogen-bond donors (Lipinski definition) is 0. The molecule has 0 N–H and O–H groups in total. The van der Waals surface area contributed by atoms with Crippen molar-refractivity contribution in [3.05, 3.63) is 78.4 Å². The van der Waals surface area contributed by atoms with E-state index in [0.717, 1.165) is 24.9 Å². The maximum Gasteiger partial charge on any atom is 0.119 e. The van der Waals surface area contributed by atoms with Crippen molar-refractivity contribution in [1.82, 2.24) is 0 Å². The minimum Gasteiger partial charge on any atom is -0.262 e. The van der Waals surface area contributed by atoms with Gasteiger partial charge in [-0.3, -0.25) is 4.84 Å². The summed E-state index contributed by atoms with van der Waals surface area (Å²) in [6, 6.07) is 21.3. The maximum absolute atomic E-state index is 6.51. The molecule has 1 saturated heterocycles. The lowest BCUT2D eigenvalue weighted by Gasteiger charge is -2.27. The molecule has 1 saturated carbocycles. The summed E-state index contributed by atoms with van der Waals surface area (Å²) in [5, 5.41) is 2.10. The Bertz CT molecular complexity index is 617. The van der Waals surface area contributed by atoms with E-state index in [9.17, 15) is 0 Å². The second kappa shape index (κ2) is 5.29. The van der Waals surface area contributed by atoms with Gasteiger partial charge in [0.05, 0.1) is 11.7 Å². The molecule has 112 valence electrons.